The number of carbonyl (C=O) groups excluding carboxylic acids is 5. The molecule has 0 aliphatic carbocycles. The second-order valence-corrected chi connectivity index (χ2v) is 29.8. The lowest BCUT2D eigenvalue weighted by molar-refractivity contribution is -0.143. The third-order valence-corrected chi connectivity index (χ3v) is 19.9. The molecule has 26 nitrogen and oxygen atoms in total. The van der Waals surface area contributed by atoms with Gasteiger partial charge in [-0.2, -0.15) is 9.36 Å². The maximum atomic E-state index is 13.3. The highest BCUT2D eigenvalue weighted by Gasteiger charge is 2.40. The number of nitrogens with zero attached hydrogens (tertiary/aromatic N) is 7. The molecule has 0 fully saturated rings. The number of hydrogen-bond acceptors (Lipinski definition) is 20. The van der Waals surface area contributed by atoms with Crippen LogP contribution >= 0.6 is 11.5 Å². The standard InChI is InChI=1S/C24H22N6O3S.C24H28N2O5.C19H20N2O3.C15H19NO4/c31-22(26-8-7-16-5-6-20-21(11-16)33-15-32-20)19-12-17-3-1-2-4-18(17)13-30(19)24-27-23(28-34-24)29-10-9-25-14-29;1-24(2,3)31-23(28)26-14-18-7-5-4-6-17(18)13-19(26)22(27)25-11-10-16-8-9-20-21(12-16)30-15-29-20;22-19(16-10-14-3-1-2-4-15(14)11-21-16)20-8-7-13-5-6-17-18(9-13)24-12-23-17;1-15(2,3)20-14(19)16-9-11-7-5-4-6-10(11)8-12(16)13(17)18/h1-6,9-11,14,19H,7-8,12-13,15H2,(H,26,31);4-9,12,19H,10-11,13-15H2,1-3H3,(H,25,27);1-6,9,16,21H,7-8,10-12H2,(H,20,22);4-7,12H,8-9H2,1-3H3,(H,17,18)/t;19-;16-;12-/m.111/s1. The van der Waals surface area contributed by atoms with Gasteiger partial charge in [0.2, 0.25) is 49.2 Å². The number of fused-ring (bicyclic) bond motifs is 7. The predicted octanol–water partition coefficient (Wildman–Crippen LogP) is 10.4. The molecule has 0 bridgehead atoms. The number of carboxylic acids is 1. The van der Waals surface area contributed by atoms with Crippen molar-refractivity contribution in [1.29, 1.82) is 0 Å². The second-order valence-electron chi connectivity index (χ2n) is 29.1. The predicted molar refractivity (Wildman–Crippen MR) is 405 cm³/mol. The van der Waals surface area contributed by atoms with E-state index < -0.39 is 41.4 Å². The van der Waals surface area contributed by atoms with Gasteiger partial charge in [-0.25, -0.2) is 19.4 Å². The maximum Gasteiger partial charge on any atom is 0.411 e. The van der Waals surface area contributed by atoms with E-state index in [1.807, 2.05) is 148 Å². The lowest BCUT2D eigenvalue weighted by Gasteiger charge is -2.36. The number of aromatic nitrogens is 4. The monoisotopic (exact) mass is 1500 g/mol. The average Bonchev–Trinajstić information content (AvgIpc) is 1.72. The fourth-order valence-electron chi connectivity index (χ4n) is 13.6. The highest BCUT2D eigenvalue weighted by Crippen LogP contribution is 2.37. The number of nitrogens with one attached hydrogen (secondary N) is 4. The largest absolute Gasteiger partial charge is 0.480 e. The van der Waals surface area contributed by atoms with E-state index in [9.17, 15) is 33.9 Å². The van der Waals surface area contributed by atoms with Gasteiger partial charge < -0.3 is 69.2 Å². The summed E-state index contributed by atoms with van der Waals surface area (Å²) in [5, 5.41) is 22.5. The number of imidazole rings is 1. The van der Waals surface area contributed by atoms with Gasteiger partial charge in [-0.1, -0.05) is 115 Å². The Bertz CT molecular complexity index is 4750. The summed E-state index contributed by atoms with van der Waals surface area (Å²) in [6, 6.07) is 47.5. The maximum absolute atomic E-state index is 13.3. The van der Waals surface area contributed by atoms with Crippen LogP contribution in [0.25, 0.3) is 5.95 Å². The molecule has 9 heterocycles. The Hall–Kier alpha value is -11.7. The van der Waals surface area contributed by atoms with E-state index in [1.165, 1.54) is 43.6 Å². The molecular weight excluding hydrogens is 1410 g/mol. The Kier molecular flexibility index (Phi) is 23.6. The highest BCUT2D eigenvalue weighted by molar-refractivity contribution is 7.09. The van der Waals surface area contributed by atoms with E-state index in [0.717, 1.165) is 92.8 Å². The molecule has 7 aromatic carbocycles. The van der Waals surface area contributed by atoms with Gasteiger partial charge in [-0.05, 0) is 165 Å². The first kappa shape index (κ1) is 75.5. The van der Waals surface area contributed by atoms with Crippen LogP contribution in [0, 0.1) is 0 Å². The summed E-state index contributed by atoms with van der Waals surface area (Å²) in [7, 11) is 0. The highest BCUT2D eigenvalue weighted by atomic mass is 32.1. The minimum Gasteiger partial charge on any atom is -0.480 e. The molecule has 5 amide bonds. The van der Waals surface area contributed by atoms with Crippen molar-refractivity contribution in [3.05, 3.63) is 232 Å². The Morgan fingerprint density at radius 3 is 1.36 bits per heavy atom. The minimum absolute atomic E-state index is 0.0189. The number of benzene rings is 7. The molecule has 2 aromatic heterocycles. The molecule has 1 unspecified atom stereocenters. The SMILES string of the molecule is CC(C)(C)OC(=O)N1Cc2ccccc2C[C@@H]1C(=O)NCCc1ccc2c(c1)OCO2.CC(C)(C)OC(=O)N1Cc2ccccc2C[C@@H]1C(=O)O.O=C(NCCc1ccc2c(c1)OCO2)C1Cc2ccccc2CN1c1nc(-n2ccnc2)ns1.O=C(NCCc1ccc2c(c1)OCO2)[C@H]1Cc2ccccc2CN1. The van der Waals surface area contributed by atoms with Crippen LogP contribution in [0.3, 0.4) is 0 Å². The number of carboxylic acid groups (broad SMARTS) is 1. The summed E-state index contributed by atoms with van der Waals surface area (Å²) in [6.07, 6.45) is 8.36. The molecule has 9 aromatic rings. The summed E-state index contributed by atoms with van der Waals surface area (Å²) in [5.74, 6) is 3.95. The van der Waals surface area contributed by atoms with Crippen LogP contribution in [0.1, 0.15) is 103 Å². The van der Waals surface area contributed by atoms with E-state index in [4.69, 9.17) is 42.9 Å². The smallest absolute Gasteiger partial charge is 0.411 e. The molecule has 0 saturated heterocycles. The lowest BCUT2D eigenvalue weighted by atomic mass is 9.93. The molecule has 7 aliphatic rings. The van der Waals surface area contributed by atoms with Crippen molar-refractivity contribution in [3.63, 3.8) is 0 Å². The first-order valence-electron chi connectivity index (χ1n) is 36.4. The van der Waals surface area contributed by atoms with Crippen LogP contribution in [0.15, 0.2) is 170 Å². The quantitative estimate of drug-likeness (QED) is 0.0637. The molecule has 0 radical (unpaired) electrons. The molecule has 7 aliphatic heterocycles. The zero-order chi connectivity index (χ0) is 76.2. The van der Waals surface area contributed by atoms with E-state index in [2.05, 4.69) is 59.8 Å². The Morgan fingerprint density at radius 1 is 0.495 bits per heavy atom. The average molecular weight is 1500 g/mol. The number of amides is 5. The number of ether oxygens (including phenoxy) is 8. The third-order valence-electron chi connectivity index (χ3n) is 19.1. The van der Waals surface area contributed by atoms with Gasteiger partial charge in [0.15, 0.2) is 34.5 Å². The third kappa shape index (κ3) is 19.4. The molecule has 5 N–H and O–H groups in total. The van der Waals surface area contributed by atoms with E-state index in [-0.39, 0.29) is 56.7 Å². The number of rotatable bonds is 15. The van der Waals surface area contributed by atoms with Crippen molar-refractivity contribution in [3.8, 4) is 40.4 Å². The van der Waals surface area contributed by atoms with Crippen LogP contribution in [0.4, 0.5) is 14.7 Å². The molecule has 109 heavy (non-hydrogen) atoms. The number of hydrogen-bond donors (Lipinski definition) is 5. The molecule has 16 rings (SSSR count). The van der Waals surface area contributed by atoms with Crippen LogP contribution in [0.5, 0.6) is 34.5 Å². The molecule has 0 saturated carbocycles. The van der Waals surface area contributed by atoms with E-state index in [1.54, 1.807) is 44.1 Å². The van der Waals surface area contributed by atoms with Crippen molar-refractivity contribution < 1.29 is 71.8 Å². The molecule has 4 atom stereocenters. The topological polar surface area (TPSA) is 298 Å². The van der Waals surface area contributed by atoms with Crippen molar-refractivity contribution >= 4 is 52.5 Å². The van der Waals surface area contributed by atoms with Crippen molar-refractivity contribution in [2.24, 2.45) is 0 Å². The van der Waals surface area contributed by atoms with Crippen LogP contribution in [0.2, 0.25) is 0 Å². The summed E-state index contributed by atoms with van der Waals surface area (Å²) in [4.78, 5) is 88.8. The number of aliphatic carboxylic acids is 1. The van der Waals surface area contributed by atoms with E-state index >= 15 is 0 Å². The van der Waals surface area contributed by atoms with Gasteiger partial charge in [-0.3, -0.25) is 28.8 Å². The zero-order valence-electron chi connectivity index (χ0n) is 61.7. The lowest BCUT2D eigenvalue weighted by Crippen LogP contribution is -2.53. The number of carbonyl (C=O) groups is 6. The first-order chi connectivity index (χ1) is 52.6. The van der Waals surface area contributed by atoms with E-state index in [0.29, 0.717) is 75.9 Å². The van der Waals surface area contributed by atoms with Gasteiger partial charge in [0.25, 0.3) is 0 Å². The Balaban J connectivity index is 0.000000130. The number of anilines is 1. The fraction of sp³-hybridized carbons (Fsp3) is 0.354. The zero-order valence-corrected chi connectivity index (χ0v) is 62.5. The van der Waals surface area contributed by atoms with Crippen molar-refractivity contribution in [2.75, 3.05) is 44.9 Å². The normalized spacial score (nSPS) is 17.3. The minimum atomic E-state index is -1.01. The summed E-state index contributed by atoms with van der Waals surface area (Å²) in [5.41, 5.74) is 11.0. The second kappa shape index (κ2) is 34.0. The molecular formula is C82H89N11O15S. The molecule has 568 valence electrons. The Labute approximate surface area is 636 Å². The summed E-state index contributed by atoms with van der Waals surface area (Å²) < 4.78 is 49.3. The van der Waals surface area contributed by atoms with Gasteiger partial charge in [0, 0.05) is 75.9 Å². The molecule has 0 spiro atoms. The van der Waals surface area contributed by atoms with Gasteiger partial charge in [0.05, 0.1) is 19.1 Å². The van der Waals surface area contributed by atoms with Crippen molar-refractivity contribution in [2.45, 2.75) is 148 Å². The molecule has 27 heteroatoms. The van der Waals surface area contributed by atoms with Crippen molar-refractivity contribution in [1.82, 2.24) is 50.0 Å². The van der Waals surface area contributed by atoms with Gasteiger partial charge >= 0.3 is 18.2 Å². The fourth-order valence-corrected chi connectivity index (χ4v) is 14.3. The van der Waals surface area contributed by atoms with Gasteiger partial charge in [-0.15, -0.1) is 0 Å². The van der Waals surface area contributed by atoms with Crippen LogP contribution in [-0.4, -0.2) is 145 Å². The van der Waals surface area contributed by atoms with Gasteiger partial charge in [0.1, 0.15) is 35.7 Å². The van der Waals surface area contributed by atoms with Crippen LogP contribution < -0.4 is 54.6 Å². The van der Waals surface area contributed by atoms with Crippen LogP contribution in [-0.2, 0) is 99.8 Å². The Morgan fingerprint density at radius 2 is 0.899 bits per heavy atom. The summed E-state index contributed by atoms with van der Waals surface area (Å²) in [6.45, 7) is 15.1. The first-order valence-corrected chi connectivity index (χ1v) is 37.2. The summed E-state index contributed by atoms with van der Waals surface area (Å²) >= 11 is 1.29.